The third-order valence-electron chi connectivity index (χ3n) is 3.47. The molecule has 0 radical (unpaired) electrons. The summed E-state index contributed by atoms with van der Waals surface area (Å²) in [5.74, 6) is 2.36. The number of nitrogens with one attached hydrogen (secondary N) is 1. The average molecular weight is 264 g/mol. The van der Waals surface area contributed by atoms with Crippen molar-refractivity contribution >= 4 is 22.6 Å². The molecule has 1 aromatic rings. The van der Waals surface area contributed by atoms with E-state index in [0.29, 0.717) is 11.1 Å². The van der Waals surface area contributed by atoms with Gasteiger partial charge in [-0.25, -0.2) is 0 Å². The van der Waals surface area contributed by atoms with Crippen LogP contribution in [0.5, 0.6) is 5.75 Å². The highest BCUT2D eigenvalue weighted by Crippen LogP contribution is 2.35. The minimum absolute atomic E-state index is 0.504. The minimum Gasteiger partial charge on any atom is -0.497 e. The van der Waals surface area contributed by atoms with Gasteiger partial charge < -0.3 is 9.64 Å². The molecule has 1 N–H and O–H groups in total. The largest absolute Gasteiger partial charge is 0.497 e. The summed E-state index contributed by atoms with van der Waals surface area (Å²) in [6.07, 6.45) is 1.10. The first-order valence-corrected chi connectivity index (χ1v) is 7.32. The molecule has 1 atom stereocenters. The van der Waals surface area contributed by atoms with E-state index in [1.54, 1.807) is 18.9 Å². The SMILES string of the molecule is CCC(C)c1ccc(OC)cc1N1CCSC1=N. The Morgan fingerprint density at radius 1 is 1.50 bits per heavy atom. The van der Waals surface area contributed by atoms with Gasteiger partial charge >= 0.3 is 0 Å². The van der Waals surface area contributed by atoms with E-state index < -0.39 is 0 Å². The number of rotatable bonds is 4. The molecule has 1 aliphatic heterocycles. The summed E-state index contributed by atoms with van der Waals surface area (Å²) in [7, 11) is 1.69. The van der Waals surface area contributed by atoms with Crippen LogP contribution in [0.1, 0.15) is 31.7 Å². The van der Waals surface area contributed by atoms with Gasteiger partial charge in [0.2, 0.25) is 0 Å². The molecule has 0 spiro atoms. The molecule has 4 heteroatoms. The van der Waals surface area contributed by atoms with Crippen LogP contribution in [0.15, 0.2) is 18.2 Å². The molecule has 18 heavy (non-hydrogen) atoms. The summed E-state index contributed by atoms with van der Waals surface area (Å²) in [5.41, 5.74) is 2.45. The normalized spacial score (nSPS) is 17.1. The van der Waals surface area contributed by atoms with Crippen LogP contribution in [-0.2, 0) is 0 Å². The Bertz CT molecular complexity index is 447. The zero-order valence-corrected chi connectivity index (χ0v) is 12.0. The summed E-state index contributed by atoms with van der Waals surface area (Å²) in [6, 6.07) is 6.21. The summed E-state index contributed by atoms with van der Waals surface area (Å²) in [6.45, 7) is 5.35. The molecule has 1 aliphatic rings. The van der Waals surface area contributed by atoms with E-state index in [-0.39, 0.29) is 0 Å². The van der Waals surface area contributed by atoms with E-state index in [0.717, 1.165) is 30.2 Å². The Hall–Kier alpha value is -1.16. The van der Waals surface area contributed by atoms with Crippen LogP contribution >= 0.6 is 11.8 Å². The van der Waals surface area contributed by atoms with Gasteiger partial charge in [0.25, 0.3) is 0 Å². The first kappa shape index (κ1) is 13.3. The van der Waals surface area contributed by atoms with Gasteiger partial charge in [-0.05, 0) is 24.0 Å². The number of ether oxygens (including phenoxy) is 1. The van der Waals surface area contributed by atoms with Crippen LogP contribution in [0.25, 0.3) is 0 Å². The second-order valence-electron chi connectivity index (χ2n) is 4.54. The number of amidine groups is 1. The van der Waals surface area contributed by atoms with E-state index in [1.807, 2.05) is 6.07 Å². The van der Waals surface area contributed by atoms with Crippen LogP contribution in [0.3, 0.4) is 0 Å². The lowest BCUT2D eigenvalue weighted by Gasteiger charge is -2.24. The fourth-order valence-corrected chi connectivity index (χ4v) is 2.98. The quantitative estimate of drug-likeness (QED) is 0.901. The van der Waals surface area contributed by atoms with Crippen LogP contribution in [0.4, 0.5) is 5.69 Å². The molecule has 0 amide bonds. The van der Waals surface area contributed by atoms with Crippen molar-refractivity contribution in [3.05, 3.63) is 23.8 Å². The van der Waals surface area contributed by atoms with Crippen molar-refractivity contribution in [3.8, 4) is 5.75 Å². The first-order chi connectivity index (χ1) is 8.67. The molecule has 0 aliphatic carbocycles. The Balaban J connectivity index is 2.43. The molecule has 3 nitrogen and oxygen atoms in total. The maximum absolute atomic E-state index is 8.01. The lowest BCUT2D eigenvalue weighted by molar-refractivity contribution is 0.414. The standard InChI is InChI=1S/C14H20N2OS/c1-4-10(2)12-6-5-11(17-3)9-13(12)16-7-8-18-14(16)15/h5-6,9-10,15H,4,7-8H2,1-3H3. The van der Waals surface area contributed by atoms with E-state index in [1.165, 1.54) is 5.56 Å². The van der Waals surface area contributed by atoms with Crippen molar-refractivity contribution in [1.82, 2.24) is 0 Å². The molecular weight excluding hydrogens is 244 g/mol. The lowest BCUT2D eigenvalue weighted by Crippen LogP contribution is -2.24. The lowest BCUT2D eigenvalue weighted by atomic mass is 9.96. The number of thioether (sulfide) groups is 1. The number of anilines is 1. The molecule has 1 saturated heterocycles. The Kier molecular flexibility index (Phi) is 4.17. The summed E-state index contributed by atoms with van der Waals surface area (Å²) >= 11 is 1.61. The van der Waals surface area contributed by atoms with Crippen LogP contribution < -0.4 is 9.64 Å². The molecule has 1 aromatic carbocycles. The van der Waals surface area contributed by atoms with E-state index in [2.05, 4.69) is 30.9 Å². The van der Waals surface area contributed by atoms with Crippen molar-refractivity contribution in [2.75, 3.05) is 24.3 Å². The van der Waals surface area contributed by atoms with Crippen LogP contribution in [0, 0.1) is 5.41 Å². The topological polar surface area (TPSA) is 36.3 Å². The zero-order valence-electron chi connectivity index (χ0n) is 11.2. The average Bonchev–Trinajstić information content (AvgIpc) is 2.83. The number of benzene rings is 1. The Labute approximate surface area is 113 Å². The molecule has 0 saturated carbocycles. The Morgan fingerprint density at radius 2 is 2.28 bits per heavy atom. The van der Waals surface area contributed by atoms with Gasteiger partial charge in [0.1, 0.15) is 5.75 Å². The molecule has 0 bridgehead atoms. The highest BCUT2D eigenvalue weighted by molar-refractivity contribution is 8.14. The molecule has 1 fully saturated rings. The summed E-state index contributed by atoms with van der Waals surface area (Å²) in [4.78, 5) is 2.09. The first-order valence-electron chi connectivity index (χ1n) is 6.34. The molecular formula is C14H20N2OS. The number of methoxy groups -OCH3 is 1. The van der Waals surface area contributed by atoms with E-state index >= 15 is 0 Å². The van der Waals surface area contributed by atoms with E-state index in [9.17, 15) is 0 Å². The van der Waals surface area contributed by atoms with Crippen molar-refractivity contribution < 1.29 is 4.74 Å². The third kappa shape index (κ3) is 2.48. The highest BCUT2D eigenvalue weighted by Gasteiger charge is 2.23. The van der Waals surface area contributed by atoms with Gasteiger partial charge in [-0.3, -0.25) is 5.41 Å². The Morgan fingerprint density at radius 3 is 2.83 bits per heavy atom. The fourth-order valence-electron chi connectivity index (χ4n) is 2.16. The summed E-state index contributed by atoms with van der Waals surface area (Å²) in [5, 5.41) is 8.66. The van der Waals surface area contributed by atoms with Gasteiger partial charge in [-0.1, -0.05) is 31.7 Å². The van der Waals surface area contributed by atoms with Crippen molar-refractivity contribution in [3.63, 3.8) is 0 Å². The maximum Gasteiger partial charge on any atom is 0.160 e. The second kappa shape index (κ2) is 5.65. The fraction of sp³-hybridized carbons (Fsp3) is 0.500. The van der Waals surface area contributed by atoms with Gasteiger partial charge in [-0.15, -0.1) is 0 Å². The molecule has 0 aromatic heterocycles. The van der Waals surface area contributed by atoms with Crippen LogP contribution in [0.2, 0.25) is 0 Å². The number of nitrogens with zero attached hydrogens (tertiary/aromatic N) is 1. The highest BCUT2D eigenvalue weighted by atomic mass is 32.2. The zero-order chi connectivity index (χ0) is 13.1. The van der Waals surface area contributed by atoms with Gasteiger partial charge in [0.15, 0.2) is 5.17 Å². The van der Waals surface area contributed by atoms with E-state index in [4.69, 9.17) is 10.1 Å². The monoisotopic (exact) mass is 264 g/mol. The van der Waals surface area contributed by atoms with Gasteiger partial charge in [-0.2, -0.15) is 0 Å². The molecule has 1 heterocycles. The predicted molar refractivity (Wildman–Crippen MR) is 79.2 cm³/mol. The predicted octanol–water partition coefficient (Wildman–Crippen LogP) is 3.70. The second-order valence-corrected chi connectivity index (χ2v) is 5.62. The smallest absolute Gasteiger partial charge is 0.160 e. The van der Waals surface area contributed by atoms with Crippen molar-refractivity contribution in [1.29, 1.82) is 5.41 Å². The molecule has 1 unspecified atom stereocenters. The van der Waals surface area contributed by atoms with Crippen molar-refractivity contribution in [2.24, 2.45) is 0 Å². The third-order valence-corrected chi connectivity index (χ3v) is 4.35. The molecule has 98 valence electrons. The van der Waals surface area contributed by atoms with Gasteiger partial charge in [0.05, 0.1) is 7.11 Å². The maximum atomic E-state index is 8.01. The minimum atomic E-state index is 0.504. The number of hydrogen-bond acceptors (Lipinski definition) is 3. The molecule has 2 rings (SSSR count). The van der Waals surface area contributed by atoms with Gasteiger partial charge in [0, 0.05) is 24.1 Å². The van der Waals surface area contributed by atoms with Crippen molar-refractivity contribution in [2.45, 2.75) is 26.2 Å². The summed E-state index contributed by atoms with van der Waals surface area (Å²) < 4.78 is 5.31. The van der Waals surface area contributed by atoms with Crippen LogP contribution in [-0.4, -0.2) is 24.6 Å². The number of hydrogen-bond donors (Lipinski definition) is 1.